The number of hydrogen-bond donors (Lipinski definition) is 7. The number of carbonyl (C=O) groups excluding carboxylic acids is 3. The van der Waals surface area contributed by atoms with E-state index in [0.29, 0.717) is 44.3 Å². The maximum atomic E-state index is 13.1. The molecule has 0 aromatic carbocycles. The molecule has 4 unspecified atom stereocenters. The number of amides is 3. The van der Waals surface area contributed by atoms with E-state index in [1.165, 1.54) is 11.9 Å². The van der Waals surface area contributed by atoms with Crippen LogP contribution in [-0.4, -0.2) is 199 Å². The number of imide groups is 1. The van der Waals surface area contributed by atoms with Crippen LogP contribution in [0.3, 0.4) is 0 Å². The molecule has 4 aliphatic rings. The Morgan fingerprint density at radius 3 is 2.27 bits per heavy atom. The van der Waals surface area contributed by atoms with E-state index < -0.39 is 98.0 Å². The van der Waals surface area contributed by atoms with Crippen LogP contribution in [0.15, 0.2) is 31.5 Å². The molecule has 24 nitrogen and oxygen atoms in total. The third-order valence-electron chi connectivity index (χ3n) is 11.4. The zero-order valence-corrected chi connectivity index (χ0v) is 35.2. The topological polar surface area (TPSA) is 313 Å². The summed E-state index contributed by atoms with van der Waals surface area (Å²) in [5.41, 5.74) is 0.561. The third kappa shape index (κ3) is 12.1. The summed E-state index contributed by atoms with van der Waals surface area (Å²) in [6, 6.07) is -1.14. The van der Waals surface area contributed by atoms with Crippen LogP contribution in [0.4, 0.5) is 0 Å². The molecule has 0 spiro atoms. The van der Waals surface area contributed by atoms with E-state index in [2.05, 4.69) is 38.7 Å². The predicted octanol–water partition coefficient (Wildman–Crippen LogP) is -2.28. The SMILES string of the molecule is C=C[C@@H]1O[C@H](C=C)[C@@H]2C(=O)N(CCCCCN(Cc3cn(CCOCCO[C@@H]4OC(C(=O)O)[C@@H](O[C@H]5OC(COOO)[C@@H](O)[C@H](O)C5NC)[C@H](O)C4O)nn3)C(=O)CCC)C(=O)[C@@H]21. The Balaban J connectivity index is 1.03. The number of unbranched alkanes of at least 4 members (excludes halogenated alkanes) is 2. The van der Waals surface area contributed by atoms with Gasteiger partial charge in [0.05, 0.1) is 69.2 Å². The molecule has 4 aliphatic heterocycles. The van der Waals surface area contributed by atoms with Crippen molar-refractivity contribution >= 4 is 23.7 Å². The van der Waals surface area contributed by atoms with E-state index in [1.807, 2.05) is 6.92 Å². The number of aliphatic hydroxyl groups excluding tert-OH is 4. The second-order valence-corrected chi connectivity index (χ2v) is 15.5. The number of aliphatic carboxylic acids is 1. The average molecular weight is 901 g/mol. The second kappa shape index (κ2) is 23.9. The van der Waals surface area contributed by atoms with Gasteiger partial charge in [0, 0.05) is 19.5 Å². The number of carbonyl (C=O) groups is 4. The highest BCUT2D eigenvalue weighted by atomic mass is 17.5. The molecule has 5 heterocycles. The zero-order chi connectivity index (χ0) is 45.8. The van der Waals surface area contributed by atoms with Crippen LogP contribution in [0.25, 0.3) is 0 Å². The van der Waals surface area contributed by atoms with Crippen LogP contribution < -0.4 is 5.32 Å². The monoisotopic (exact) mass is 900 g/mol. The van der Waals surface area contributed by atoms with Crippen molar-refractivity contribution in [2.75, 3.05) is 46.6 Å². The lowest BCUT2D eigenvalue weighted by Crippen LogP contribution is -2.67. The molecule has 4 saturated heterocycles. The van der Waals surface area contributed by atoms with Crippen LogP contribution in [-0.2, 0) is 70.6 Å². The molecule has 1 aromatic heterocycles. The molecule has 354 valence electrons. The fraction of sp³-hybridized carbons (Fsp3) is 0.744. The number of likely N-dealkylation sites (N-methyl/N-ethyl adjacent to an activating group) is 1. The summed E-state index contributed by atoms with van der Waals surface area (Å²) >= 11 is 0. The number of carboxylic acid groups (broad SMARTS) is 1. The van der Waals surface area contributed by atoms with E-state index in [1.54, 1.807) is 27.9 Å². The maximum Gasteiger partial charge on any atom is 0.335 e. The molecule has 0 saturated carbocycles. The van der Waals surface area contributed by atoms with Gasteiger partial charge in [-0.1, -0.05) is 29.3 Å². The second-order valence-electron chi connectivity index (χ2n) is 15.5. The minimum atomic E-state index is -1.88. The maximum absolute atomic E-state index is 13.1. The van der Waals surface area contributed by atoms with Crippen LogP contribution >= 0.6 is 0 Å². The number of nitrogens with one attached hydrogen (secondary N) is 1. The molecule has 3 amide bonds. The van der Waals surface area contributed by atoms with E-state index in [-0.39, 0.29) is 57.2 Å². The van der Waals surface area contributed by atoms with Crippen molar-refractivity contribution in [1.82, 2.24) is 30.1 Å². The molecule has 14 atom stereocenters. The lowest BCUT2D eigenvalue weighted by atomic mass is 9.89. The van der Waals surface area contributed by atoms with Crippen molar-refractivity contribution in [3.63, 3.8) is 0 Å². The number of fused-ring (bicyclic) bond motifs is 1. The Kier molecular flexibility index (Phi) is 19.0. The largest absolute Gasteiger partial charge is 0.479 e. The molecule has 0 radical (unpaired) electrons. The number of ether oxygens (including phenoxy) is 6. The summed E-state index contributed by atoms with van der Waals surface area (Å²) in [5, 5.41) is 75.6. The molecule has 63 heavy (non-hydrogen) atoms. The first-order chi connectivity index (χ1) is 30.3. The van der Waals surface area contributed by atoms with Crippen molar-refractivity contribution in [3.8, 4) is 0 Å². The Bertz CT molecular complexity index is 1660. The lowest BCUT2D eigenvalue weighted by Gasteiger charge is -2.46. The van der Waals surface area contributed by atoms with Gasteiger partial charge in [-0.2, -0.15) is 0 Å². The highest BCUT2D eigenvalue weighted by Crippen LogP contribution is 2.41. The third-order valence-corrected chi connectivity index (χ3v) is 11.4. The number of nitrogens with zero attached hydrogens (tertiary/aromatic N) is 5. The molecule has 24 heteroatoms. The minimum absolute atomic E-state index is 0.0253. The number of carboxylic acids is 1. The first-order valence-electron chi connectivity index (χ1n) is 20.9. The molecule has 1 aromatic rings. The van der Waals surface area contributed by atoms with Crippen molar-refractivity contribution in [1.29, 1.82) is 0 Å². The summed E-state index contributed by atoms with van der Waals surface area (Å²) in [6.07, 6.45) is -8.15. The fourth-order valence-electron chi connectivity index (χ4n) is 8.12. The first-order valence-corrected chi connectivity index (χ1v) is 20.9. The number of likely N-dealkylation sites (tertiary alicyclic amines) is 1. The molecule has 0 aliphatic carbocycles. The minimum Gasteiger partial charge on any atom is -0.479 e. The van der Waals surface area contributed by atoms with E-state index in [4.69, 9.17) is 33.7 Å². The Hall–Kier alpha value is -3.86. The molecule has 7 N–H and O–H groups in total. The number of aliphatic hydroxyl groups is 4. The highest BCUT2D eigenvalue weighted by molar-refractivity contribution is 6.06. The Morgan fingerprint density at radius 1 is 0.921 bits per heavy atom. The lowest BCUT2D eigenvalue weighted by molar-refractivity contribution is -0.498. The van der Waals surface area contributed by atoms with Gasteiger partial charge < -0.3 is 64.2 Å². The Morgan fingerprint density at radius 2 is 1.63 bits per heavy atom. The smallest absolute Gasteiger partial charge is 0.335 e. The molecular weight excluding hydrogens is 840 g/mol. The van der Waals surface area contributed by atoms with Crippen LogP contribution in [0.1, 0.15) is 44.7 Å². The van der Waals surface area contributed by atoms with Crippen molar-refractivity contribution in [3.05, 3.63) is 37.2 Å². The fourth-order valence-corrected chi connectivity index (χ4v) is 8.12. The van der Waals surface area contributed by atoms with Crippen molar-refractivity contribution in [2.45, 2.75) is 126 Å². The normalized spacial score (nSPS) is 33.1. The van der Waals surface area contributed by atoms with Crippen LogP contribution in [0.5, 0.6) is 0 Å². The summed E-state index contributed by atoms with van der Waals surface area (Å²) in [7, 11) is 1.41. The van der Waals surface area contributed by atoms with Crippen LogP contribution in [0.2, 0.25) is 0 Å². The predicted molar refractivity (Wildman–Crippen MR) is 210 cm³/mol. The first kappa shape index (κ1) is 50.1. The standard InChI is InChI=1S/C39H60N6O18/c1-5-11-25(46)43(12-9-8-10-13-45-35(51)26-22(6-2)59-23(7-3)27(26)36(45)52)18-21-19-44(42-41-21)14-15-56-16-17-57-39-32(50)31(49)33(34(62-39)37(53)54)61-38-28(40-4)30(48)29(47)24(60-38)20-58-63-55/h6-7,19,22-24,26-34,38-40,47-50,55H,2-3,5,8-18,20H2,1,4H3,(H,53,54)/t22-,23+,24?,26+,27-,28?,29-,30-,31-,32?,33+,34?,38-,39-/m1/s1. The van der Waals surface area contributed by atoms with E-state index >= 15 is 0 Å². The summed E-state index contributed by atoms with van der Waals surface area (Å²) in [4.78, 5) is 58.8. The average Bonchev–Trinajstić information content (AvgIpc) is 3.95. The summed E-state index contributed by atoms with van der Waals surface area (Å²) in [5.74, 6) is -3.29. The summed E-state index contributed by atoms with van der Waals surface area (Å²) in [6.45, 7) is 10.0. The van der Waals surface area contributed by atoms with Crippen molar-refractivity contribution < 1.29 is 88.3 Å². The highest BCUT2D eigenvalue weighted by Gasteiger charge is 2.58. The van der Waals surface area contributed by atoms with Crippen molar-refractivity contribution in [2.24, 2.45) is 11.8 Å². The van der Waals surface area contributed by atoms with E-state index in [0.717, 1.165) is 0 Å². The van der Waals surface area contributed by atoms with Crippen LogP contribution in [0, 0.1) is 11.8 Å². The van der Waals surface area contributed by atoms with E-state index in [9.17, 15) is 44.7 Å². The van der Waals surface area contributed by atoms with Gasteiger partial charge in [-0.25, -0.2) is 19.6 Å². The van der Waals surface area contributed by atoms with Gasteiger partial charge in [0.15, 0.2) is 18.7 Å². The number of aromatic nitrogens is 3. The summed E-state index contributed by atoms with van der Waals surface area (Å²) < 4.78 is 35.2. The van der Waals surface area contributed by atoms with Gasteiger partial charge in [0.2, 0.25) is 17.7 Å². The van der Waals surface area contributed by atoms with Gasteiger partial charge in [0.25, 0.3) is 0 Å². The quantitative estimate of drug-likeness (QED) is 0.0169. The number of rotatable bonds is 26. The van der Waals surface area contributed by atoms with Gasteiger partial charge in [-0.3, -0.25) is 19.3 Å². The molecular formula is C39H60N6O18. The van der Waals surface area contributed by atoms with Gasteiger partial charge in [0.1, 0.15) is 48.9 Å². The van der Waals surface area contributed by atoms with Gasteiger partial charge >= 0.3 is 5.97 Å². The molecule has 5 rings (SSSR count). The van der Waals surface area contributed by atoms with Gasteiger partial charge in [-0.05, 0) is 32.7 Å². The van der Waals surface area contributed by atoms with Gasteiger partial charge in [-0.15, -0.1) is 18.3 Å². The zero-order valence-electron chi connectivity index (χ0n) is 35.2. The molecule has 4 fully saturated rings. The molecule has 0 bridgehead atoms. The Labute approximate surface area is 363 Å². The number of hydrogen-bond acceptors (Lipinski definition) is 20.